The Morgan fingerprint density at radius 2 is 1.57 bits per heavy atom. The van der Waals surface area contributed by atoms with Crippen LogP contribution in [0.2, 0.25) is 0 Å². The van der Waals surface area contributed by atoms with Gasteiger partial charge in [-0.3, -0.25) is 24.6 Å². The van der Waals surface area contributed by atoms with E-state index in [1.165, 1.54) is 41.3 Å². The Labute approximate surface area is 172 Å². The minimum atomic E-state index is -0.504. The molecule has 0 atom stereocenters. The van der Waals surface area contributed by atoms with E-state index in [0.29, 0.717) is 30.8 Å². The Balaban J connectivity index is 1.63. The molecule has 2 aromatic carbocycles. The van der Waals surface area contributed by atoms with Crippen LogP contribution in [0.25, 0.3) is 5.57 Å². The van der Waals surface area contributed by atoms with E-state index in [2.05, 4.69) is 0 Å². The van der Waals surface area contributed by atoms with Crippen LogP contribution < -0.4 is 0 Å². The standard InChI is InChI=1S/C22H20FN3O4/c23-17-7-3-15(4-8-17)11-14-25-21(27)19(16-5-9-18(10-6-16)26(29)30)20(22(25)28)24-12-1-2-13-24/h3-10H,1-2,11-14H2. The van der Waals surface area contributed by atoms with Crippen molar-refractivity contribution in [2.45, 2.75) is 19.3 Å². The van der Waals surface area contributed by atoms with Crippen LogP contribution >= 0.6 is 0 Å². The Hall–Kier alpha value is -3.55. The predicted octanol–water partition coefficient (Wildman–Crippen LogP) is 3.15. The number of rotatable bonds is 6. The monoisotopic (exact) mass is 409 g/mol. The van der Waals surface area contributed by atoms with Crippen LogP contribution in [0.4, 0.5) is 10.1 Å². The number of amides is 2. The highest BCUT2D eigenvalue weighted by Gasteiger charge is 2.41. The van der Waals surface area contributed by atoms with Gasteiger partial charge in [0.05, 0.1) is 10.5 Å². The molecule has 0 N–H and O–H groups in total. The minimum absolute atomic E-state index is 0.0768. The number of nitro groups is 1. The number of hydrogen-bond acceptors (Lipinski definition) is 5. The molecule has 0 aromatic heterocycles. The molecule has 2 aromatic rings. The van der Waals surface area contributed by atoms with E-state index in [1.807, 2.05) is 4.90 Å². The van der Waals surface area contributed by atoms with Gasteiger partial charge in [0.2, 0.25) is 0 Å². The highest BCUT2D eigenvalue weighted by Crippen LogP contribution is 2.34. The number of imide groups is 1. The second-order valence-corrected chi connectivity index (χ2v) is 7.36. The van der Waals surface area contributed by atoms with Crippen molar-refractivity contribution in [1.82, 2.24) is 9.80 Å². The van der Waals surface area contributed by atoms with Crippen LogP contribution in [-0.2, 0) is 16.0 Å². The fourth-order valence-corrected chi connectivity index (χ4v) is 3.90. The van der Waals surface area contributed by atoms with Crippen LogP contribution in [0, 0.1) is 15.9 Å². The van der Waals surface area contributed by atoms with Crippen LogP contribution in [0.15, 0.2) is 54.2 Å². The predicted molar refractivity (Wildman–Crippen MR) is 108 cm³/mol. The molecule has 0 aliphatic carbocycles. The number of non-ortho nitro benzene ring substituents is 1. The summed E-state index contributed by atoms with van der Waals surface area (Å²) >= 11 is 0. The summed E-state index contributed by atoms with van der Waals surface area (Å²) < 4.78 is 13.1. The van der Waals surface area contributed by atoms with E-state index in [1.54, 1.807) is 12.1 Å². The Bertz CT molecular complexity index is 1030. The van der Waals surface area contributed by atoms with E-state index in [-0.39, 0.29) is 29.5 Å². The van der Waals surface area contributed by atoms with Gasteiger partial charge >= 0.3 is 0 Å². The van der Waals surface area contributed by atoms with Crippen molar-refractivity contribution in [3.05, 3.63) is 81.3 Å². The molecule has 7 nitrogen and oxygen atoms in total. The number of halogens is 1. The molecule has 2 heterocycles. The molecule has 30 heavy (non-hydrogen) atoms. The summed E-state index contributed by atoms with van der Waals surface area (Å²) in [5.41, 5.74) is 1.89. The molecule has 2 aliphatic rings. The van der Waals surface area contributed by atoms with E-state index in [0.717, 1.165) is 18.4 Å². The number of nitro benzene ring substituents is 1. The molecule has 0 radical (unpaired) electrons. The molecule has 154 valence electrons. The molecule has 2 aliphatic heterocycles. The molecule has 1 fully saturated rings. The van der Waals surface area contributed by atoms with Crippen molar-refractivity contribution in [3.63, 3.8) is 0 Å². The van der Waals surface area contributed by atoms with Gasteiger partial charge in [-0.05, 0) is 54.7 Å². The fraction of sp³-hybridized carbons (Fsp3) is 0.273. The van der Waals surface area contributed by atoms with Crippen molar-refractivity contribution < 1.29 is 18.9 Å². The number of benzene rings is 2. The maximum absolute atomic E-state index is 13.2. The van der Waals surface area contributed by atoms with Crippen molar-refractivity contribution >= 4 is 23.1 Å². The number of hydrogen-bond donors (Lipinski definition) is 0. The third-order valence-electron chi connectivity index (χ3n) is 5.47. The molecule has 0 spiro atoms. The zero-order valence-electron chi connectivity index (χ0n) is 16.2. The van der Waals surface area contributed by atoms with Crippen LogP contribution in [0.1, 0.15) is 24.0 Å². The first-order valence-electron chi connectivity index (χ1n) is 9.80. The van der Waals surface area contributed by atoms with E-state index in [4.69, 9.17) is 0 Å². The molecular weight excluding hydrogens is 389 g/mol. The number of likely N-dealkylation sites (tertiary alicyclic amines) is 1. The van der Waals surface area contributed by atoms with Gasteiger partial charge in [-0.25, -0.2) is 4.39 Å². The van der Waals surface area contributed by atoms with E-state index in [9.17, 15) is 24.1 Å². The summed E-state index contributed by atoms with van der Waals surface area (Å²) in [4.78, 5) is 40.0. The molecule has 0 saturated carbocycles. The molecule has 8 heteroatoms. The highest BCUT2D eigenvalue weighted by molar-refractivity contribution is 6.35. The van der Waals surface area contributed by atoms with Gasteiger partial charge in [0.25, 0.3) is 17.5 Å². The Morgan fingerprint density at radius 1 is 0.933 bits per heavy atom. The topological polar surface area (TPSA) is 83.8 Å². The van der Waals surface area contributed by atoms with Gasteiger partial charge in [-0.2, -0.15) is 0 Å². The zero-order valence-corrected chi connectivity index (χ0v) is 16.2. The zero-order chi connectivity index (χ0) is 21.3. The average Bonchev–Trinajstić information content (AvgIpc) is 3.34. The molecule has 1 saturated heterocycles. The van der Waals surface area contributed by atoms with Gasteiger partial charge in [-0.15, -0.1) is 0 Å². The van der Waals surface area contributed by atoms with Crippen molar-refractivity contribution in [2.24, 2.45) is 0 Å². The number of carbonyl (C=O) groups excluding carboxylic acids is 2. The fourth-order valence-electron chi connectivity index (χ4n) is 3.90. The molecular formula is C22H20FN3O4. The third kappa shape index (κ3) is 3.68. The second-order valence-electron chi connectivity index (χ2n) is 7.36. The van der Waals surface area contributed by atoms with Crippen LogP contribution in [-0.4, -0.2) is 46.2 Å². The lowest BCUT2D eigenvalue weighted by molar-refractivity contribution is -0.384. The summed E-state index contributed by atoms with van der Waals surface area (Å²) in [6, 6.07) is 11.7. The lowest BCUT2D eigenvalue weighted by Gasteiger charge is -2.20. The molecule has 4 rings (SSSR count). The summed E-state index contributed by atoms with van der Waals surface area (Å²) in [5, 5.41) is 10.9. The lowest BCUT2D eigenvalue weighted by atomic mass is 10.0. The molecule has 2 amide bonds. The van der Waals surface area contributed by atoms with Gasteiger partial charge in [0.15, 0.2) is 0 Å². The molecule has 0 unspecified atom stereocenters. The summed E-state index contributed by atoms with van der Waals surface area (Å²) in [6.07, 6.45) is 2.29. The first kappa shape index (κ1) is 19.8. The summed E-state index contributed by atoms with van der Waals surface area (Å²) in [5.74, 6) is -1.10. The smallest absolute Gasteiger partial charge is 0.277 e. The first-order chi connectivity index (χ1) is 14.5. The SMILES string of the molecule is O=C1C(c2ccc([N+](=O)[O-])cc2)=C(N2CCCC2)C(=O)N1CCc1ccc(F)cc1. The van der Waals surface area contributed by atoms with Crippen LogP contribution in [0.3, 0.4) is 0 Å². The van der Waals surface area contributed by atoms with Gasteiger partial charge in [-0.1, -0.05) is 12.1 Å². The van der Waals surface area contributed by atoms with Gasteiger partial charge in [0.1, 0.15) is 11.5 Å². The van der Waals surface area contributed by atoms with Crippen molar-refractivity contribution in [3.8, 4) is 0 Å². The first-order valence-corrected chi connectivity index (χ1v) is 9.80. The number of nitrogens with zero attached hydrogens (tertiary/aromatic N) is 3. The largest absolute Gasteiger partial charge is 0.366 e. The Morgan fingerprint density at radius 3 is 2.17 bits per heavy atom. The van der Waals surface area contributed by atoms with E-state index >= 15 is 0 Å². The normalized spacial score (nSPS) is 16.7. The maximum atomic E-state index is 13.2. The number of carbonyl (C=O) groups is 2. The maximum Gasteiger partial charge on any atom is 0.277 e. The highest BCUT2D eigenvalue weighted by atomic mass is 19.1. The van der Waals surface area contributed by atoms with Crippen molar-refractivity contribution in [2.75, 3.05) is 19.6 Å². The van der Waals surface area contributed by atoms with Crippen molar-refractivity contribution in [1.29, 1.82) is 0 Å². The van der Waals surface area contributed by atoms with E-state index < -0.39 is 10.8 Å². The summed E-state index contributed by atoms with van der Waals surface area (Å²) in [7, 11) is 0. The average molecular weight is 409 g/mol. The second kappa shape index (κ2) is 8.06. The lowest BCUT2D eigenvalue weighted by Crippen LogP contribution is -2.36. The van der Waals surface area contributed by atoms with Gasteiger partial charge in [0, 0.05) is 31.8 Å². The van der Waals surface area contributed by atoms with Gasteiger partial charge < -0.3 is 4.90 Å². The third-order valence-corrected chi connectivity index (χ3v) is 5.47. The van der Waals surface area contributed by atoms with Crippen LogP contribution in [0.5, 0.6) is 0 Å². The Kier molecular flexibility index (Phi) is 5.31. The molecule has 0 bridgehead atoms. The summed E-state index contributed by atoms with van der Waals surface area (Å²) in [6.45, 7) is 1.56. The quantitative estimate of drug-likeness (QED) is 0.416. The minimum Gasteiger partial charge on any atom is -0.366 e.